The Morgan fingerprint density at radius 2 is 1.81 bits per heavy atom. The second kappa shape index (κ2) is 7.94. The third-order valence-corrected chi connectivity index (χ3v) is 7.29. The average molecular weight is 452 g/mol. The first kappa shape index (κ1) is 21.8. The van der Waals surface area contributed by atoms with Crippen LogP contribution in [-0.2, 0) is 16.6 Å². The summed E-state index contributed by atoms with van der Waals surface area (Å²) in [6.45, 7) is 4.47. The van der Waals surface area contributed by atoms with Crippen molar-refractivity contribution in [2.45, 2.75) is 50.7 Å². The normalized spacial score (nSPS) is 16.2. The highest BCUT2D eigenvalue weighted by Crippen LogP contribution is 2.40. The van der Waals surface area contributed by atoms with Crippen LogP contribution >= 0.6 is 0 Å². The minimum atomic E-state index is -4.76. The molecule has 166 valence electrons. The zero-order chi connectivity index (χ0) is 22.4. The van der Waals surface area contributed by atoms with E-state index in [-0.39, 0.29) is 11.5 Å². The quantitative estimate of drug-likeness (QED) is 0.547. The van der Waals surface area contributed by atoms with E-state index in [1.54, 1.807) is 29.1 Å². The third kappa shape index (κ3) is 4.62. The van der Waals surface area contributed by atoms with Gasteiger partial charge in [-0.3, -0.25) is 4.98 Å². The highest BCUT2D eigenvalue weighted by atomic mass is 32.2. The van der Waals surface area contributed by atoms with Crippen LogP contribution in [0.1, 0.15) is 38.3 Å². The molecule has 2 aromatic heterocycles. The van der Waals surface area contributed by atoms with E-state index in [4.69, 9.17) is 0 Å². The summed E-state index contributed by atoms with van der Waals surface area (Å²) in [6.07, 6.45) is 0.779. The van der Waals surface area contributed by atoms with Gasteiger partial charge in [-0.25, -0.2) is 8.42 Å². The second-order valence-electron chi connectivity index (χ2n) is 8.44. The van der Waals surface area contributed by atoms with Crippen LogP contribution < -0.4 is 4.72 Å². The molecule has 0 spiro atoms. The van der Waals surface area contributed by atoms with Gasteiger partial charge in [0.2, 0.25) is 10.0 Å². The zero-order valence-corrected chi connectivity index (χ0v) is 18.0. The summed E-state index contributed by atoms with van der Waals surface area (Å²) in [5, 5.41) is -0.348. The Morgan fingerprint density at radius 3 is 2.39 bits per heavy atom. The molecule has 1 N–H and O–H groups in total. The lowest BCUT2D eigenvalue weighted by Crippen LogP contribution is -2.39. The van der Waals surface area contributed by atoms with Gasteiger partial charge in [-0.1, -0.05) is 26.0 Å². The number of fused-ring (bicyclic) bond motifs is 1. The Kier molecular flexibility index (Phi) is 5.59. The van der Waals surface area contributed by atoms with E-state index >= 15 is 0 Å². The molecule has 1 saturated carbocycles. The minimum absolute atomic E-state index is 0.0753. The first-order valence-electron chi connectivity index (χ1n) is 10.2. The summed E-state index contributed by atoms with van der Waals surface area (Å²) in [5.74, 6) is 0.195. The van der Waals surface area contributed by atoms with E-state index in [0.29, 0.717) is 30.3 Å². The van der Waals surface area contributed by atoms with Crippen molar-refractivity contribution >= 4 is 20.9 Å². The molecular formula is C22H24F3N3O2S. The van der Waals surface area contributed by atoms with E-state index in [1.807, 2.05) is 36.8 Å². The van der Waals surface area contributed by atoms with Crippen LogP contribution in [-0.4, -0.2) is 29.4 Å². The summed E-state index contributed by atoms with van der Waals surface area (Å²) in [7, 11) is -4.04. The Morgan fingerprint density at radius 1 is 1.13 bits per heavy atom. The van der Waals surface area contributed by atoms with Gasteiger partial charge in [0.15, 0.2) is 0 Å². The Labute approximate surface area is 179 Å². The highest BCUT2D eigenvalue weighted by molar-refractivity contribution is 7.90. The third-order valence-electron chi connectivity index (χ3n) is 5.37. The van der Waals surface area contributed by atoms with Crippen molar-refractivity contribution in [1.29, 1.82) is 0 Å². The number of nitrogens with one attached hydrogen (secondary N) is 1. The smallest absolute Gasteiger partial charge is 0.347 e. The van der Waals surface area contributed by atoms with Crippen LogP contribution in [0.2, 0.25) is 0 Å². The first-order chi connectivity index (χ1) is 14.6. The fourth-order valence-electron chi connectivity index (χ4n) is 3.76. The lowest BCUT2D eigenvalue weighted by molar-refractivity contribution is -0.152. The van der Waals surface area contributed by atoms with Crippen molar-refractivity contribution in [3.63, 3.8) is 0 Å². The van der Waals surface area contributed by atoms with Gasteiger partial charge in [0.25, 0.3) is 0 Å². The average Bonchev–Trinajstić information content (AvgIpc) is 3.51. The van der Waals surface area contributed by atoms with Crippen molar-refractivity contribution in [2.24, 2.45) is 5.92 Å². The number of rotatable bonds is 7. The molecule has 4 rings (SSSR count). The van der Waals surface area contributed by atoms with Gasteiger partial charge in [-0.05, 0) is 48.1 Å². The number of nitrogens with zero attached hydrogens (tertiary/aromatic N) is 2. The number of hydrogen-bond donors (Lipinski definition) is 1. The predicted octanol–water partition coefficient (Wildman–Crippen LogP) is 5.04. The fourth-order valence-corrected chi connectivity index (χ4v) is 5.30. The lowest BCUT2D eigenvalue weighted by Gasteiger charge is -2.21. The number of sulfonamides is 1. The molecule has 0 saturated heterocycles. The molecule has 1 atom stereocenters. The van der Waals surface area contributed by atoms with Crippen LogP contribution in [0.4, 0.5) is 13.2 Å². The molecule has 0 aliphatic heterocycles. The standard InChI is InChI=1S/C22H24F3N3O2S/c1-14(2)12-28-13-19(21(22(23,24)25)27-31(29,30)17-4-5-17)18-6-3-16(11-20(18)28)15-7-9-26-10-8-15/h3,6-11,13-14,17,21,27H,4-5,12H2,1-2H3. The number of halogens is 3. The van der Waals surface area contributed by atoms with E-state index in [9.17, 15) is 21.6 Å². The number of pyridine rings is 1. The van der Waals surface area contributed by atoms with E-state index < -0.39 is 27.5 Å². The molecule has 2 heterocycles. The van der Waals surface area contributed by atoms with E-state index in [2.05, 4.69) is 4.98 Å². The van der Waals surface area contributed by atoms with Crippen molar-refractivity contribution in [1.82, 2.24) is 14.3 Å². The van der Waals surface area contributed by atoms with Crippen molar-refractivity contribution in [2.75, 3.05) is 0 Å². The molecule has 1 unspecified atom stereocenters. The summed E-state index contributed by atoms with van der Waals surface area (Å²) < 4.78 is 70.5. The van der Waals surface area contributed by atoms with Gasteiger partial charge in [0.05, 0.1) is 5.25 Å². The highest BCUT2D eigenvalue weighted by Gasteiger charge is 2.47. The van der Waals surface area contributed by atoms with Gasteiger partial charge in [-0.15, -0.1) is 0 Å². The van der Waals surface area contributed by atoms with Gasteiger partial charge in [0, 0.05) is 41.6 Å². The molecule has 1 aromatic carbocycles. The number of benzene rings is 1. The summed E-state index contributed by atoms with van der Waals surface area (Å²) in [6, 6.07) is 6.62. The first-order valence-corrected chi connectivity index (χ1v) is 11.7. The molecule has 1 aliphatic carbocycles. The molecule has 31 heavy (non-hydrogen) atoms. The number of hydrogen-bond acceptors (Lipinski definition) is 3. The van der Waals surface area contributed by atoms with Crippen molar-refractivity contribution in [3.8, 4) is 11.1 Å². The monoisotopic (exact) mass is 451 g/mol. The van der Waals surface area contributed by atoms with Gasteiger partial charge in [-0.2, -0.15) is 17.9 Å². The minimum Gasteiger partial charge on any atom is -0.347 e. The molecule has 9 heteroatoms. The van der Waals surface area contributed by atoms with Crippen molar-refractivity contribution < 1.29 is 21.6 Å². The summed E-state index contributed by atoms with van der Waals surface area (Å²) in [5.41, 5.74) is 2.32. The largest absolute Gasteiger partial charge is 0.408 e. The lowest BCUT2D eigenvalue weighted by atomic mass is 10.0. The van der Waals surface area contributed by atoms with Crippen LogP contribution in [0.25, 0.3) is 22.0 Å². The molecule has 1 aliphatic rings. The maximum atomic E-state index is 14.0. The summed E-state index contributed by atoms with van der Waals surface area (Å²) >= 11 is 0. The van der Waals surface area contributed by atoms with Crippen LogP contribution in [0.5, 0.6) is 0 Å². The van der Waals surface area contributed by atoms with Gasteiger partial charge in [0.1, 0.15) is 6.04 Å². The molecule has 0 bridgehead atoms. The van der Waals surface area contributed by atoms with Crippen LogP contribution in [0, 0.1) is 5.92 Å². The Hall–Kier alpha value is -2.39. The molecule has 0 radical (unpaired) electrons. The van der Waals surface area contributed by atoms with E-state index in [1.165, 1.54) is 6.20 Å². The van der Waals surface area contributed by atoms with Crippen LogP contribution in [0.15, 0.2) is 48.9 Å². The van der Waals surface area contributed by atoms with Gasteiger partial charge < -0.3 is 4.57 Å². The molecule has 3 aromatic rings. The van der Waals surface area contributed by atoms with Crippen LogP contribution in [0.3, 0.4) is 0 Å². The van der Waals surface area contributed by atoms with E-state index in [0.717, 1.165) is 11.1 Å². The molecule has 1 fully saturated rings. The van der Waals surface area contributed by atoms with Crippen molar-refractivity contribution in [3.05, 3.63) is 54.5 Å². The molecule has 0 amide bonds. The molecule has 5 nitrogen and oxygen atoms in total. The topological polar surface area (TPSA) is 64.0 Å². The summed E-state index contributed by atoms with van der Waals surface area (Å²) in [4.78, 5) is 4.00. The second-order valence-corrected chi connectivity index (χ2v) is 10.4. The maximum Gasteiger partial charge on any atom is 0.408 e. The zero-order valence-electron chi connectivity index (χ0n) is 17.2. The number of alkyl halides is 3. The Balaban J connectivity index is 1.85. The predicted molar refractivity (Wildman–Crippen MR) is 114 cm³/mol. The Bertz CT molecular complexity index is 1180. The maximum absolute atomic E-state index is 14.0. The molecular weight excluding hydrogens is 427 g/mol. The number of aromatic nitrogens is 2. The fraction of sp³-hybridized carbons (Fsp3) is 0.409. The SMILES string of the molecule is CC(C)Cn1cc(C(NS(=O)(=O)C2CC2)C(F)(F)F)c2ccc(-c3ccncc3)cc21. The van der Waals surface area contributed by atoms with Gasteiger partial charge >= 0.3 is 6.18 Å².